The van der Waals surface area contributed by atoms with Crippen molar-refractivity contribution in [3.05, 3.63) is 46.0 Å². The standard InChI is InChI=1S/C13H15ClFN3O/c1-8-12(14)11(18(2)17-8)7-19-13-9(6-16)4-3-5-10(13)15/h3-5H,6-7,16H2,1-2H3. The highest BCUT2D eigenvalue weighted by Crippen LogP contribution is 2.25. The summed E-state index contributed by atoms with van der Waals surface area (Å²) in [5, 5.41) is 4.71. The second-order valence-electron chi connectivity index (χ2n) is 4.19. The Balaban J connectivity index is 2.24. The van der Waals surface area contributed by atoms with Gasteiger partial charge in [-0.3, -0.25) is 4.68 Å². The van der Waals surface area contributed by atoms with Gasteiger partial charge in [-0.15, -0.1) is 0 Å². The van der Waals surface area contributed by atoms with Crippen molar-refractivity contribution in [1.82, 2.24) is 9.78 Å². The molecule has 19 heavy (non-hydrogen) atoms. The number of para-hydroxylation sites is 1. The van der Waals surface area contributed by atoms with Crippen molar-refractivity contribution in [2.24, 2.45) is 12.8 Å². The predicted molar refractivity (Wildman–Crippen MR) is 71.6 cm³/mol. The number of hydrogen-bond donors (Lipinski definition) is 1. The molecule has 0 amide bonds. The maximum absolute atomic E-state index is 13.7. The minimum absolute atomic E-state index is 0.143. The van der Waals surface area contributed by atoms with Crippen molar-refractivity contribution in [3.63, 3.8) is 0 Å². The van der Waals surface area contributed by atoms with Crippen LogP contribution in [0.5, 0.6) is 5.75 Å². The van der Waals surface area contributed by atoms with Crippen molar-refractivity contribution in [2.75, 3.05) is 0 Å². The monoisotopic (exact) mass is 283 g/mol. The molecule has 1 aromatic heterocycles. The molecule has 0 saturated heterocycles. The Kier molecular flexibility index (Phi) is 4.07. The lowest BCUT2D eigenvalue weighted by molar-refractivity contribution is 0.277. The highest BCUT2D eigenvalue weighted by Gasteiger charge is 2.14. The molecule has 102 valence electrons. The summed E-state index contributed by atoms with van der Waals surface area (Å²) >= 11 is 6.11. The number of ether oxygens (including phenoxy) is 1. The van der Waals surface area contributed by atoms with Gasteiger partial charge < -0.3 is 10.5 Å². The van der Waals surface area contributed by atoms with Gasteiger partial charge in [0.25, 0.3) is 0 Å². The number of aryl methyl sites for hydroxylation is 2. The number of hydrogen-bond acceptors (Lipinski definition) is 3. The summed E-state index contributed by atoms with van der Waals surface area (Å²) in [6.07, 6.45) is 0. The number of aromatic nitrogens is 2. The Morgan fingerprint density at radius 1 is 1.47 bits per heavy atom. The largest absolute Gasteiger partial charge is 0.484 e. The quantitative estimate of drug-likeness (QED) is 0.938. The van der Waals surface area contributed by atoms with E-state index in [1.165, 1.54) is 6.07 Å². The molecule has 4 nitrogen and oxygen atoms in total. The maximum atomic E-state index is 13.7. The molecule has 0 aliphatic rings. The van der Waals surface area contributed by atoms with E-state index in [-0.39, 0.29) is 18.9 Å². The van der Waals surface area contributed by atoms with Gasteiger partial charge in [-0.1, -0.05) is 23.7 Å². The molecule has 0 unspecified atom stereocenters. The zero-order chi connectivity index (χ0) is 14.0. The molecule has 0 aliphatic heterocycles. The van der Waals surface area contributed by atoms with E-state index in [2.05, 4.69) is 5.10 Å². The third-order valence-corrected chi connectivity index (χ3v) is 3.37. The molecular weight excluding hydrogens is 269 g/mol. The first-order valence-electron chi connectivity index (χ1n) is 5.82. The summed E-state index contributed by atoms with van der Waals surface area (Å²) < 4.78 is 20.9. The van der Waals surface area contributed by atoms with E-state index in [9.17, 15) is 4.39 Å². The first kappa shape index (κ1) is 13.8. The van der Waals surface area contributed by atoms with E-state index in [1.54, 1.807) is 30.8 Å². The normalized spacial score (nSPS) is 10.8. The Morgan fingerprint density at radius 2 is 2.21 bits per heavy atom. The van der Waals surface area contributed by atoms with E-state index < -0.39 is 5.82 Å². The molecule has 0 bridgehead atoms. The lowest BCUT2D eigenvalue weighted by Crippen LogP contribution is -2.07. The zero-order valence-corrected chi connectivity index (χ0v) is 11.5. The Labute approximate surface area is 115 Å². The SMILES string of the molecule is Cc1nn(C)c(COc2c(F)cccc2CN)c1Cl. The van der Waals surface area contributed by atoms with Crippen LogP contribution in [-0.4, -0.2) is 9.78 Å². The van der Waals surface area contributed by atoms with Crippen molar-refractivity contribution >= 4 is 11.6 Å². The molecule has 6 heteroatoms. The summed E-state index contributed by atoms with van der Waals surface area (Å²) in [7, 11) is 1.77. The first-order chi connectivity index (χ1) is 9.04. The number of nitrogens with zero attached hydrogens (tertiary/aromatic N) is 2. The highest BCUT2D eigenvalue weighted by molar-refractivity contribution is 6.31. The van der Waals surface area contributed by atoms with E-state index >= 15 is 0 Å². The molecule has 0 aliphatic carbocycles. The maximum Gasteiger partial charge on any atom is 0.165 e. The van der Waals surface area contributed by atoms with Gasteiger partial charge in [0.05, 0.1) is 16.4 Å². The van der Waals surface area contributed by atoms with E-state index in [1.807, 2.05) is 0 Å². The minimum atomic E-state index is -0.432. The second-order valence-corrected chi connectivity index (χ2v) is 4.57. The lowest BCUT2D eigenvalue weighted by Gasteiger charge is -2.11. The molecule has 2 rings (SSSR count). The van der Waals surface area contributed by atoms with Crippen LogP contribution >= 0.6 is 11.6 Å². The Bertz CT molecular complexity index is 598. The van der Waals surface area contributed by atoms with Gasteiger partial charge >= 0.3 is 0 Å². The molecular formula is C13H15ClFN3O. The van der Waals surface area contributed by atoms with Gasteiger partial charge in [-0.05, 0) is 13.0 Å². The van der Waals surface area contributed by atoms with Crippen LogP contribution in [-0.2, 0) is 20.2 Å². The van der Waals surface area contributed by atoms with Crippen molar-refractivity contribution in [3.8, 4) is 5.75 Å². The van der Waals surface area contributed by atoms with Gasteiger partial charge in [-0.2, -0.15) is 5.10 Å². The number of nitrogens with two attached hydrogens (primary N) is 1. The Hall–Kier alpha value is -1.59. The van der Waals surface area contributed by atoms with Crippen LogP contribution in [0.25, 0.3) is 0 Å². The van der Waals surface area contributed by atoms with Crippen LogP contribution in [0.2, 0.25) is 5.02 Å². The first-order valence-corrected chi connectivity index (χ1v) is 6.20. The van der Waals surface area contributed by atoms with Crippen LogP contribution in [0.15, 0.2) is 18.2 Å². The number of halogens is 2. The van der Waals surface area contributed by atoms with Crippen LogP contribution in [0, 0.1) is 12.7 Å². The molecule has 2 aromatic rings. The number of benzene rings is 1. The van der Waals surface area contributed by atoms with Crippen LogP contribution in [0.3, 0.4) is 0 Å². The summed E-state index contributed by atoms with van der Waals surface area (Å²) in [5.41, 5.74) is 7.60. The van der Waals surface area contributed by atoms with Crippen molar-refractivity contribution in [1.29, 1.82) is 0 Å². The van der Waals surface area contributed by atoms with Gasteiger partial charge in [-0.25, -0.2) is 4.39 Å². The molecule has 0 spiro atoms. The molecule has 0 radical (unpaired) electrons. The number of rotatable bonds is 4. The fourth-order valence-corrected chi connectivity index (χ4v) is 2.07. The fourth-order valence-electron chi connectivity index (χ4n) is 1.85. The summed E-state index contributed by atoms with van der Waals surface area (Å²) in [6, 6.07) is 4.67. The fraction of sp³-hybridized carbons (Fsp3) is 0.308. The lowest BCUT2D eigenvalue weighted by atomic mass is 10.2. The van der Waals surface area contributed by atoms with Gasteiger partial charge in [0.15, 0.2) is 11.6 Å². The van der Waals surface area contributed by atoms with E-state index in [4.69, 9.17) is 22.1 Å². The smallest absolute Gasteiger partial charge is 0.165 e. The van der Waals surface area contributed by atoms with Gasteiger partial charge in [0.1, 0.15) is 6.61 Å². The van der Waals surface area contributed by atoms with Gasteiger partial charge in [0.2, 0.25) is 0 Å². The average molecular weight is 284 g/mol. The van der Waals surface area contributed by atoms with Crippen molar-refractivity contribution in [2.45, 2.75) is 20.1 Å². The van der Waals surface area contributed by atoms with Gasteiger partial charge in [0, 0.05) is 19.2 Å². The Morgan fingerprint density at radius 3 is 2.79 bits per heavy atom. The molecule has 1 heterocycles. The molecule has 0 fully saturated rings. The third kappa shape index (κ3) is 2.72. The molecule has 1 aromatic carbocycles. The third-order valence-electron chi connectivity index (χ3n) is 2.88. The zero-order valence-electron chi connectivity index (χ0n) is 10.8. The van der Waals surface area contributed by atoms with Crippen LogP contribution < -0.4 is 10.5 Å². The molecule has 0 atom stereocenters. The topological polar surface area (TPSA) is 53.1 Å². The minimum Gasteiger partial charge on any atom is -0.484 e. The van der Waals surface area contributed by atoms with Crippen molar-refractivity contribution < 1.29 is 9.13 Å². The van der Waals surface area contributed by atoms with E-state index in [0.717, 1.165) is 5.69 Å². The summed E-state index contributed by atoms with van der Waals surface area (Å²) in [6.45, 7) is 2.16. The second kappa shape index (κ2) is 5.59. The molecule has 0 saturated carbocycles. The predicted octanol–water partition coefficient (Wildman–Crippen LogP) is 2.56. The average Bonchev–Trinajstić information content (AvgIpc) is 2.62. The summed E-state index contributed by atoms with van der Waals surface area (Å²) in [4.78, 5) is 0. The van der Waals surface area contributed by atoms with E-state index in [0.29, 0.717) is 16.3 Å². The molecule has 2 N–H and O–H groups in total. The van der Waals surface area contributed by atoms with Crippen LogP contribution in [0.4, 0.5) is 4.39 Å². The summed E-state index contributed by atoms with van der Waals surface area (Å²) in [5.74, 6) is -0.266. The highest BCUT2D eigenvalue weighted by atomic mass is 35.5. The van der Waals surface area contributed by atoms with Crippen LogP contribution in [0.1, 0.15) is 17.0 Å².